The van der Waals surface area contributed by atoms with Crippen LogP contribution in [0.1, 0.15) is 5.56 Å². The van der Waals surface area contributed by atoms with Crippen molar-refractivity contribution in [2.45, 2.75) is 13.5 Å². The van der Waals surface area contributed by atoms with E-state index in [2.05, 4.69) is 15.3 Å². The van der Waals surface area contributed by atoms with Crippen molar-refractivity contribution in [3.05, 3.63) is 63.9 Å². The highest BCUT2D eigenvalue weighted by Gasteiger charge is 2.16. The maximum absolute atomic E-state index is 12.7. The van der Waals surface area contributed by atoms with Crippen LogP contribution in [0.5, 0.6) is 0 Å². The molecule has 7 heteroatoms. The molecule has 0 aliphatic heterocycles. The molecule has 130 valence electrons. The Morgan fingerprint density at radius 2 is 2.12 bits per heavy atom. The lowest BCUT2D eigenvalue weighted by Crippen LogP contribution is -2.20. The summed E-state index contributed by atoms with van der Waals surface area (Å²) in [4.78, 5) is 21.7. The molecule has 4 aromatic rings. The van der Waals surface area contributed by atoms with E-state index in [1.165, 1.54) is 11.3 Å². The Hall–Kier alpha value is -2.70. The molecule has 2 heterocycles. The molecule has 0 spiro atoms. The largest absolute Gasteiger partial charge is 0.324 e. The number of hydrogen-bond acceptors (Lipinski definition) is 4. The Morgan fingerprint density at radius 3 is 2.92 bits per heavy atom. The fourth-order valence-corrected chi connectivity index (χ4v) is 3.52. The summed E-state index contributed by atoms with van der Waals surface area (Å²) in [5.41, 5.74) is 5.92. The van der Waals surface area contributed by atoms with Crippen molar-refractivity contribution >= 4 is 45.6 Å². The van der Waals surface area contributed by atoms with E-state index in [4.69, 9.17) is 11.6 Å². The van der Waals surface area contributed by atoms with Crippen molar-refractivity contribution in [2.75, 3.05) is 5.32 Å². The van der Waals surface area contributed by atoms with E-state index in [0.29, 0.717) is 16.5 Å². The number of imidazole rings is 1. The van der Waals surface area contributed by atoms with Crippen LogP contribution in [0.25, 0.3) is 22.6 Å². The van der Waals surface area contributed by atoms with Crippen LogP contribution in [-0.4, -0.2) is 20.4 Å². The number of amides is 1. The summed E-state index contributed by atoms with van der Waals surface area (Å²) < 4.78 is 1.89. The van der Waals surface area contributed by atoms with Crippen LogP contribution in [0.2, 0.25) is 5.02 Å². The van der Waals surface area contributed by atoms with Crippen molar-refractivity contribution in [1.82, 2.24) is 14.5 Å². The normalized spacial score (nSPS) is 11.0. The molecule has 0 atom stereocenters. The summed E-state index contributed by atoms with van der Waals surface area (Å²) in [6.07, 6.45) is 0. The van der Waals surface area contributed by atoms with Gasteiger partial charge in [-0.1, -0.05) is 29.8 Å². The predicted octanol–water partition coefficient (Wildman–Crippen LogP) is 4.76. The van der Waals surface area contributed by atoms with Crippen LogP contribution in [0, 0.1) is 6.92 Å². The zero-order valence-electron chi connectivity index (χ0n) is 13.9. The van der Waals surface area contributed by atoms with Crippen LogP contribution in [0.15, 0.2) is 53.4 Å². The van der Waals surface area contributed by atoms with Gasteiger partial charge in [0.15, 0.2) is 5.82 Å². The Labute approximate surface area is 159 Å². The Kier molecular flexibility index (Phi) is 4.44. The van der Waals surface area contributed by atoms with Crippen molar-refractivity contribution in [3.8, 4) is 11.5 Å². The number of rotatable bonds is 4. The van der Waals surface area contributed by atoms with Crippen LogP contribution in [0.4, 0.5) is 5.69 Å². The minimum atomic E-state index is -0.144. The molecule has 0 saturated carbocycles. The second-order valence-electron chi connectivity index (χ2n) is 5.89. The molecule has 0 fully saturated rings. The van der Waals surface area contributed by atoms with E-state index in [9.17, 15) is 4.79 Å². The number of benzene rings is 2. The van der Waals surface area contributed by atoms with E-state index in [-0.39, 0.29) is 12.5 Å². The van der Waals surface area contributed by atoms with Gasteiger partial charge in [0.25, 0.3) is 0 Å². The fourth-order valence-electron chi connectivity index (χ4n) is 2.82. The first-order valence-corrected chi connectivity index (χ1v) is 9.34. The molecule has 2 aromatic carbocycles. The zero-order valence-corrected chi connectivity index (χ0v) is 15.5. The van der Waals surface area contributed by atoms with Gasteiger partial charge >= 0.3 is 0 Å². The Morgan fingerprint density at radius 1 is 1.27 bits per heavy atom. The minimum Gasteiger partial charge on any atom is -0.324 e. The number of nitrogens with one attached hydrogen (secondary N) is 1. The maximum atomic E-state index is 12.7. The highest BCUT2D eigenvalue weighted by atomic mass is 35.5. The third kappa shape index (κ3) is 3.21. The third-order valence-corrected chi connectivity index (χ3v) is 4.91. The molecule has 4 rings (SSSR count). The molecule has 0 unspecified atom stereocenters. The number of thiazole rings is 1. The molecular weight excluding hydrogens is 368 g/mol. The van der Waals surface area contributed by atoms with Gasteiger partial charge in [0.05, 0.1) is 16.5 Å². The average molecular weight is 383 g/mol. The van der Waals surface area contributed by atoms with Crippen LogP contribution < -0.4 is 5.32 Å². The molecule has 5 nitrogen and oxygen atoms in total. The summed E-state index contributed by atoms with van der Waals surface area (Å²) in [5.74, 6) is 0.542. The predicted molar refractivity (Wildman–Crippen MR) is 106 cm³/mol. The van der Waals surface area contributed by atoms with Gasteiger partial charge < -0.3 is 9.88 Å². The van der Waals surface area contributed by atoms with E-state index in [1.54, 1.807) is 17.6 Å². The van der Waals surface area contributed by atoms with Crippen molar-refractivity contribution in [1.29, 1.82) is 0 Å². The topological polar surface area (TPSA) is 59.8 Å². The zero-order chi connectivity index (χ0) is 18.1. The average Bonchev–Trinajstić information content (AvgIpc) is 3.26. The lowest BCUT2D eigenvalue weighted by Gasteiger charge is -2.11. The van der Waals surface area contributed by atoms with Crippen molar-refractivity contribution in [3.63, 3.8) is 0 Å². The second-order valence-corrected chi connectivity index (χ2v) is 7.05. The van der Waals surface area contributed by atoms with Gasteiger partial charge in [-0.15, -0.1) is 11.3 Å². The van der Waals surface area contributed by atoms with Crippen LogP contribution in [0.3, 0.4) is 0 Å². The summed E-state index contributed by atoms with van der Waals surface area (Å²) in [6, 6.07) is 13.2. The van der Waals surface area contributed by atoms with Crippen molar-refractivity contribution < 1.29 is 4.79 Å². The molecule has 0 radical (unpaired) electrons. The molecule has 2 aromatic heterocycles. The van der Waals surface area contributed by atoms with E-state index in [0.717, 1.165) is 22.3 Å². The number of carbonyl (C=O) groups excluding carboxylic acids is 1. The fraction of sp³-hybridized carbons (Fsp3) is 0.105. The Balaban J connectivity index is 1.69. The summed E-state index contributed by atoms with van der Waals surface area (Å²) in [5, 5.41) is 5.45. The molecular formula is C19H15ClN4OS. The molecule has 0 bridgehead atoms. The molecule has 1 amide bonds. The Bertz CT molecular complexity index is 1090. The van der Waals surface area contributed by atoms with Gasteiger partial charge in [-0.3, -0.25) is 4.79 Å². The molecule has 1 N–H and O–H groups in total. The molecule has 0 aliphatic rings. The lowest BCUT2D eigenvalue weighted by molar-refractivity contribution is -0.116. The van der Waals surface area contributed by atoms with Gasteiger partial charge in [-0.2, -0.15) is 0 Å². The van der Waals surface area contributed by atoms with Gasteiger partial charge in [0, 0.05) is 16.1 Å². The number of hydrogen-bond donors (Lipinski definition) is 1. The first-order valence-electron chi connectivity index (χ1n) is 8.01. The third-order valence-electron chi connectivity index (χ3n) is 4.09. The van der Waals surface area contributed by atoms with Gasteiger partial charge in [0.2, 0.25) is 5.91 Å². The number of nitrogens with zero attached hydrogens (tertiary/aromatic N) is 3. The summed E-state index contributed by atoms with van der Waals surface area (Å²) >= 11 is 7.54. The number of halogens is 1. The van der Waals surface area contributed by atoms with Crippen molar-refractivity contribution in [2.24, 2.45) is 0 Å². The SMILES string of the molecule is Cc1ccc(Cl)cc1NC(=O)Cn1c(-c2cscn2)nc2ccccc21. The number of aryl methyl sites for hydroxylation is 1. The quantitative estimate of drug-likeness (QED) is 0.553. The van der Waals surface area contributed by atoms with Crippen LogP contribution >= 0.6 is 22.9 Å². The molecule has 26 heavy (non-hydrogen) atoms. The molecule has 0 aliphatic carbocycles. The number of anilines is 1. The smallest absolute Gasteiger partial charge is 0.244 e. The first-order chi connectivity index (χ1) is 12.6. The van der Waals surface area contributed by atoms with Gasteiger partial charge in [-0.25, -0.2) is 9.97 Å². The standard InChI is InChI=1S/C19H15ClN4OS/c1-12-6-7-13(20)8-15(12)22-18(25)9-24-17-5-3-2-4-14(17)23-19(24)16-10-26-11-21-16/h2-8,10-11H,9H2,1H3,(H,22,25). The molecule has 0 saturated heterocycles. The van der Waals surface area contributed by atoms with E-state index in [1.807, 2.05) is 47.2 Å². The summed E-state index contributed by atoms with van der Waals surface area (Å²) in [7, 11) is 0. The van der Waals surface area contributed by atoms with Crippen LogP contribution in [-0.2, 0) is 11.3 Å². The number of para-hydroxylation sites is 2. The van der Waals surface area contributed by atoms with Gasteiger partial charge in [0.1, 0.15) is 12.2 Å². The van der Waals surface area contributed by atoms with E-state index < -0.39 is 0 Å². The summed E-state index contributed by atoms with van der Waals surface area (Å²) in [6.45, 7) is 2.07. The monoisotopic (exact) mass is 382 g/mol. The van der Waals surface area contributed by atoms with Gasteiger partial charge in [-0.05, 0) is 36.8 Å². The highest BCUT2D eigenvalue weighted by molar-refractivity contribution is 7.07. The number of aromatic nitrogens is 3. The minimum absolute atomic E-state index is 0.138. The first kappa shape index (κ1) is 16.8. The second kappa shape index (κ2) is 6.90. The number of carbonyl (C=O) groups is 1. The highest BCUT2D eigenvalue weighted by Crippen LogP contribution is 2.25. The lowest BCUT2D eigenvalue weighted by atomic mass is 10.2. The maximum Gasteiger partial charge on any atom is 0.244 e. The number of fused-ring (bicyclic) bond motifs is 1. The van der Waals surface area contributed by atoms with E-state index >= 15 is 0 Å².